The van der Waals surface area contributed by atoms with Crippen LogP contribution >= 0.6 is 0 Å². The summed E-state index contributed by atoms with van der Waals surface area (Å²) in [6.07, 6.45) is 8.09. The molecule has 2 rings (SSSR count). The molecule has 2 N–H and O–H groups in total. The molecule has 0 aliphatic heterocycles. The van der Waals surface area contributed by atoms with E-state index in [1.54, 1.807) is 0 Å². The Morgan fingerprint density at radius 2 is 2.00 bits per heavy atom. The number of ether oxygens (including phenoxy) is 1. The third-order valence-corrected chi connectivity index (χ3v) is 3.81. The van der Waals surface area contributed by atoms with Gasteiger partial charge in [-0.3, -0.25) is 0 Å². The van der Waals surface area contributed by atoms with Gasteiger partial charge in [0.05, 0.1) is 25.4 Å². The summed E-state index contributed by atoms with van der Waals surface area (Å²) in [6, 6.07) is 0.783. The molecule has 0 spiro atoms. The smallest absolute Gasteiger partial charge is 0.0646 e. The van der Waals surface area contributed by atoms with Crippen LogP contribution in [0.5, 0.6) is 0 Å². The van der Waals surface area contributed by atoms with Gasteiger partial charge in [-0.25, -0.2) is 0 Å². The lowest BCUT2D eigenvalue weighted by molar-refractivity contribution is -0.0213. The van der Waals surface area contributed by atoms with Crippen LogP contribution in [0.3, 0.4) is 0 Å². The molecule has 2 aliphatic rings. The summed E-state index contributed by atoms with van der Waals surface area (Å²) < 4.78 is 5.95. The third-order valence-electron chi connectivity index (χ3n) is 3.81. The van der Waals surface area contributed by atoms with Crippen molar-refractivity contribution in [1.29, 1.82) is 0 Å². The van der Waals surface area contributed by atoms with Crippen molar-refractivity contribution >= 4 is 0 Å². The molecule has 0 aromatic heterocycles. The van der Waals surface area contributed by atoms with Gasteiger partial charge < -0.3 is 15.2 Å². The van der Waals surface area contributed by atoms with Gasteiger partial charge in [0.1, 0.15) is 0 Å². The molecular weight excluding hydrogens is 202 g/mol. The molecule has 3 unspecified atom stereocenters. The quantitative estimate of drug-likeness (QED) is 0.725. The van der Waals surface area contributed by atoms with Crippen LogP contribution in [0.2, 0.25) is 0 Å². The van der Waals surface area contributed by atoms with Gasteiger partial charge in [0, 0.05) is 6.04 Å². The Kier molecular flexibility index (Phi) is 4.62. The molecule has 0 amide bonds. The lowest BCUT2D eigenvalue weighted by atomic mass is 9.88. The number of hydrogen-bond donors (Lipinski definition) is 2. The second-order valence-electron chi connectivity index (χ2n) is 5.45. The van der Waals surface area contributed by atoms with Crippen molar-refractivity contribution in [3.63, 3.8) is 0 Å². The van der Waals surface area contributed by atoms with Crippen molar-refractivity contribution in [2.24, 2.45) is 5.92 Å². The van der Waals surface area contributed by atoms with Crippen LogP contribution in [0.4, 0.5) is 0 Å². The van der Waals surface area contributed by atoms with Gasteiger partial charge >= 0.3 is 0 Å². The van der Waals surface area contributed by atoms with Crippen molar-refractivity contribution in [3.05, 3.63) is 0 Å². The predicted molar refractivity (Wildman–Crippen MR) is 64.4 cm³/mol. The minimum absolute atomic E-state index is 0.140. The molecule has 3 atom stereocenters. The van der Waals surface area contributed by atoms with Gasteiger partial charge in [-0.2, -0.15) is 0 Å². The van der Waals surface area contributed by atoms with Crippen LogP contribution in [0.15, 0.2) is 0 Å². The Labute approximate surface area is 98.6 Å². The SMILES string of the molecule is CC1CCCCC1OCC(CO)NC1CC1. The molecule has 0 saturated heterocycles. The Balaban J connectivity index is 1.66. The van der Waals surface area contributed by atoms with Gasteiger partial charge in [0.2, 0.25) is 0 Å². The second-order valence-corrected chi connectivity index (χ2v) is 5.45. The molecule has 94 valence electrons. The number of hydrogen-bond acceptors (Lipinski definition) is 3. The fourth-order valence-electron chi connectivity index (χ4n) is 2.51. The predicted octanol–water partition coefficient (Wildman–Crippen LogP) is 1.69. The van der Waals surface area contributed by atoms with Crippen molar-refractivity contribution < 1.29 is 9.84 Å². The van der Waals surface area contributed by atoms with Crippen LogP contribution in [0, 0.1) is 5.92 Å². The van der Waals surface area contributed by atoms with E-state index >= 15 is 0 Å². The normalized spacial score (nSPS) is 32.6. The molecule has 0 aromatic rings. The summed E-state index contributed by atoms with van der Waals surface area (Å²) in [7, 11) is 0. The van der Waals surface area contributed by atoms with E-state index in [9.17, 15) is 5.11 Å². The largest absolute Gasteiger partial charge is 0.395 e. The van der Waals surface area contributed by atoms with Crippen LogP contribution in [-0.4, -0.2) is 36.5 Å². The zero-order chi connectivity index (χ0) is 11.4. The lowest BCUT2D eigenvalue weighted by Gasteiger charge is -2.30. The summed E-state index contributed by atoms with van der Waals surface area (Å²) in [5, 5.41) is 12.7. The highest BCUT2D eigenvalue weighted by Crippen LogP contribution is 2.26. The first-order chi connectivity index (χ1) is 7.79. The van der Waals surface area contributed by atoms with Crippen LogP contribution in [0.25, 0.3) is 0 Å². The Bertz CT molecular complexity index is 206. The summed E-state index contributed by atoms with van der Waals surface area (Å²) in [5.74, 6) is 0.689. The molecule has 16 heavy (non-hydrogen) atoms. The number of rotatable bonds is 6. The Morgan fingerprint density at radius 1 is 1.25 bits per heavy atom. The maximum Gasteiger partial charge on any atom is 0.0646 e. The third kappa shape index (κ3) is 3.72. The van der Waals surface area contributed by atoms with Crippen LogP contribution in [-0.2, 0) is 4.74 Å². The summed E-state index contributed by atoms with van der Waals surface area (Å²) in [6.45, 7) is 3.14. The summed E-state index contributed by atoms with van der Waals surface area (Å²) in [5.41, 5.74) is 0. The molecule has 2 aliphatic carbocycles. The average Bonchev–Trinajstić information content (AvgIpc) is 3.10. The first-order valence-electron chi connectivity index (χ1n) is 6.78. The maximum absolute atomic E-state index is 9.26. The first kappa shape index (κ1) is 12.3. The lowest BCUT2D eigenvalue weighted by Crippen LogP contribution is -2.40. The fourth-order valence-corrected chi connectivity index (χ4v) is 2.51. The molecular formula is C13H25NO2. The van der Waals surface area contributed by atoms with Gasteiger partial charge in [-0.1, -0.05) is 19.8 Å². The van der Waals surface area contributed by atoms with Crippen LogP contribution in [0.1, 0.15) is 45.4 Å². The van der Waals surface area contributed by atoms with E-state index in [0.29, 0.717) is 24.7 Å². The highest BCUT2D eigenvalue weighted by Gasteiger charge is 2.26. The molecule has 0 bridgehead atoms. The summed E-state index contributed by atoms with van der Waals surface area (Å²) >= 11 is 0. The maximum atomic E-state index is 9.26. The molecule has 2 saturated carbocycles. The number of nitrogens with one attached hydrogen (secondary N) is 1. The zero-order valence-electron chi connectivity index (χ0n) is 10.3. The van der Waals surface area contributed by atoms with E-state index < -0.39 is 0 Å². The number of aliphatic hydroxyl groups is 1. The second kappa shape index (κ2) is 5.99. The Hall–Kier alpha value is -0.120. The molecule has 3 heteroatoms. The molecule has 0 radical (unpaired) electrons. The van der Waals surface area contributed by atoms with E-state index in [1.165, 1.54) is 38.5 Å². The van der Waals surface area contributed by atoms with Crippen molar-refractivity contribution in [2.45, 2.75) is 63.6 Å². The highest BCUT2D eigenvalue weighted by atomic mass is 16.5. The topological polar surface area (TPSA) is 41.5 Å². The van der Waals surface area contributed by atoms with E-state index in [-0.39, 0.29) is 12.6 Å². The van der Waals surface area contributed by atoms with Crippen LogP contribution < -0.4 is 5.32 Å². The Morgan fingerprint density at radius 3 is 2.62 bits per heavy atom. The fraction of sp³-hybridized carbons (Fsp3) is 1.00. The first-order valence-corrected chi connectivity index (χ1v) is 6.78. The molecule has 0 heterocycles. The van der Waals surface area contributed by atoms with Gasteiger partial charge in [-0.15, -0.1) is 0 Å². The molecule has 2 fully saturated rings. The van der Waals surface area contributed by atoms with Gasteiger partial charge in [0.25, 0.3) is 0 Å². The average molecular weight is 227 g/mol. The zero-order valence-corrected chi connectivity index (χ0v) is 10.3. The highest BCUT2D eigenvalue weighted by molar-refractivity contribution is 4.85. The van der Waals surface area contributed by atoms with E-state index in [1.807, 2.05) is 0 Å². The van der Waals surface area contributed by atoms with E-state index in [4.69, 9.17) is 4.74 Å². The van der Waals surface area contributed by atoms with Crippen molar-refractivity contribution in [3.8, 4) is 0 Å². The van der Waals surface area contributed by atoms with E-state index in [0.717, 1.165) is 0 Å². The van der Waals surface area contributed by atoms with E-state index in [2.05, 4.69) is 12.2 Å². The molecule has 3 nitrogen and oxygen atoms in total. The standard InChI is InChI=1S/C13H25NO2/c1-10-4-2-3-5-13(10)16-9-12(8-15)14-11-6-7-11/h10-15H,2-9H2,1H3. The van der Waals surface area contributed by atoms with Crippen molar-refractivity contribution in [2.75, 3.05) is 13.2 Å². The minimum atomic E-state index is 0.140. The monoisotopic (exact) mass is 227 g/mol. The minimum Gasteiger partial charge on any atom is -0.395 e. The summed E-state index contributed by atoms with van der Waals surface area (Å²) in [4.78, 5) is 0. The number of aliphatic hydroxyl groups excluding tert-OH is 1. The van der Waals surface area contributed by atoms with Crippen molar-refractivity contribution in [1.82, 2.24) is 5.32 Å². The van der Waals surface area contributed by atoms with Gasteiger partial charge in [0.15, 0.2) is 0 Å². The van der Waals surface area contributed by atoms with Gasteiger partial charge in [-0.05, 0) is 31.6 Å². The molecule has 0 aromatic carbocycles.